The Balaban J connectivity index is 3.34. The Hall–Kier alpha value is -1.44. The van der Waals surface area contributed by atoms with Gasteiger partial charge < -0.3 is 15.1 Å². The fourth-order valence-corrected chi connectivity index (χ4v) is 4.04. The molecule has 7 nitrogen and oxygen atoms in total. The number of carbonyl (C=O) groups excluding carboxylic acids is 2. The van der Waals surface area contributed by atoms with Crippen LogP contribution in [-0.4, -0.2) is 87.6 Å². The van der Waals surface area contributed by atoms with E-state index in [4.69, 9.17) is 0 Å². The maximum atomic E-state index is 11.8. The molecule has 3 N–H and O–H groups in total. The van der Waals surface area contributed by atoms with E-state index in [0.717, 1.165) is 68.9 Å². The maximum absolute atomic E-state index is 11.8. The summed E-state index contributed by atoms with van der Waals surface area (Å²) in [7, 11) is 10.0. The summed E-state index contributed by atoms with van der Waals surface area (Å²) in [6, 6.07) is 0. The van der Waals surface area contributed by atoms with Gasteiger partial charge >= 0.3 is 0 Å². The van der Waals surface area contributed by atoms with Crippen LogP contribution in [0.25, 0.3) is 0 Å². The zero-order valence-electron chi connectivity index (χ0n) is 24.5. The fourth-order valence-electron chi connectivity index (χ4n) is 4.04. The van der Waals surface area contributed by atoms with Crippen molar-refractivity contribution in [2.75, 3.05) is 61.4 Å². The molecule has 2 amide bonds. The minimum absolute atomic E-state index is 0.0500. The Morgan fingerprint density at radius 2 is 0.972 bits per heavy atom. The molecular formula is C29H60N4O3+2. The second-order valence-electron chi connectivity index (χ2n) is 11.8. The molecule has 0 aliphatic rings. The second-order valence-corrected chi connectivity index (χ2v) is 11.8. The van der Waals surface area contributed by atoms with E-state index < -0.39 is 0 Å². The van der Waals surface area contributed by atoms with E-state index in [1.165, 1.54) is 38.5 Å². The number of hydrogen-bond donors (Lipinski definition) is 3. The van der Waals surface area contributed by atoms with Crippen LogP contribution >= 0.6 is 0 Å². The van der Waals surface area contributed by atoms with E-state index in [2.05, 4.69) is 43.9 Å². The number of hydrogen-bond acceptors (Lipinski definition) is 3. The van der Waals surface area contributed by atoms with Gasteiger partial charge in [-0.15, -0.1) is 0 Å². The summed E-state index contributed by atoms with van der Waals surface area (Å²) in [5, 5.41) is 15.6. The predicted molar refractivity (Wildman–Crippen MR) is 151 cm³/mol. The topological polar surface area (TPSA) is 78.4 Å². The first-order valence-corrected chi connectivity index (χ1v) is 14.5. The number of unbranched alkanes of at least 4 members (excludes halogenated alkanes) is 10. The molecule has 36 heavy (non-hydrogen) atoms. The van der Waals surface area contributed by atoms with Crippen molar-refractivity contribution in [1.82, 2.24) is 10.6 Å². The van der Waals surface area contributed by atoms with Gasteiger partial charge in [0.1, 0.15) is 6.54 Å². The van der Waals surface area contributed by atoms with Gasteiger partial charge in [0.25, 0.3) is 0 Å². The third kappa shape index (κ3) is 28.8. The highest BCUT2D eigenvalue weighted by molar-refractivity contribution is 5.76. The van der Waals surface area contributed by atoms with Crippen LogP contribution in [0.2, 0.25) is 0 Å². The van der Waals surface area contributed by atoms with Crippen molar-refractivity contribution in [2.45, 2.75) is 103 Å². The average Bonchev–Trinajstić information content (AvgIpc) is 2.78. The molecule has 0 radical (unpaired) electrons. The molecule has 0 rings (SSSR count). The monoisotopic (exact) mass is 512 g/mol. The van der Waals surface area contributed by atoms with Gasteiger partial charge in [0.15, 0.2) is 0 Å². The highest BCUT2D eigenvalue weighted by Gasteiger charge is 2.10. The van der Waals surface area contributed by atoms with Gasteiger partial charge in [-0.1, -0.05) is 50.7 Å². The standard InChI is InChI=1S/C29H58N4O3/c1-32(2,3)26-20-24-30-28(34)22-18-16-14-12-10-8-6-7-9-11-13-15-17-19-23-29(35)31-25-21-27-33(4,5)36/h6-7,36H,8-27H2,1-5H3/p+2/b7-6+. The summed E-state index contributed by atoms with van der Waals surface area (Å²) in [5.41, 5.74) is 0. The molecule has 0 atom stereocenters. The largest absolute Gasteiger partial charge is 0.356 e. The van der Waals surface area contributed by atoms with Crippen molar-refractivity contribution in [3.8, 4) is 0 Å². The molecule has 0 aliphatic carbocycles. The van der Waals surface area contributed by atoms with Gasteiger partial charge in [0, 0.05) is 38.8 Å². The van der Waals surface area contributed by atoms with Crippen LogP contribution in [0.3, 0.4) is 0 Å². The Labute approximate surface area is 222 Å². The van der Waals surface area contributed by atoms with Crippen LogP contribution in [-0.2, 0) is 9.59 Å². The number of amides is 2. The molecule has 0 aromatic rings. The third-order valence-corrected chi connectivity index (χ3v) is 6.25. The van der Waals surface area contributed by atoms with Crippen molar-refractivity contribution in [3.63, 3.8) is 0 Å². The first-order valence-electron chi connectivity index (χ1n) is 14.5. The highest BCUT2D eigenvalue weighted by Crippen LogP contribution is 2.10. The number of rotatable bonds is 24. The lowest BCUT2D eigenvalue weighted by Gasteiger charge is -2.23. The van der Waals surface area contributed by atoms with E-state index in [1.807, 2.05) is 0 Å². The minimum Gasteiger partial charge on any atom is -0.356 e. The predicted octanol–water partition coefficient (Wildman–Crippen LogP) is 5.19. The Morgan fingerprint density at radius 3 is 1.39 bits per heavy atom. The third-order valence-electron chi connectivity index (χ3n) is 6.25. The Morgan fingerprint density at radius 1 is 0.583 bits per heavy atom. The molecule has 0 aromatic carbocycles. The smallest absolute Gasteiger partial charge is 0.219 e. The summed E-state index contributed by atoms with van der Waals surface area (Å²) < 4.78 is 0.895. The van der Waals surface area contributed by atoms with E-state index in [1.54, 1.807) is 14.1 Å². The molecule has 0 saturated carbocycles. The zero-order valence-corrected chi connectivity index (χ0v) is 24.5. The number of hydroxylamine groups is 3. The van der Waals surface area contributed by atoms with Gasteiger partial charge in [-0.05, 0) is 38.5 Å². The van der Waals surface area contributed by atoms with E-state index in [0.29, 0.717) is 25.9 Å². The maximum Gasteiger partial charge on any atom is 0.219 e. The molecule has 212 valence electrons. The summed E-state index contributed by atoms with van der Waals surface area (Å²) in [6.45, 7) is 3.17. The number of nitrogens with zero attached hydrogens (tertiary/aromatic N) is 2. The number of nitrogens with one attached hydrogen (secondary N) is 2. The SMILES string of the molecule is C[N+](C)(C)CCCNC(=O)CCCCCCC/C=C/CCCCCCCC(=O)NCCC[N+](C)(C)O. The summed E-state index contributed by atoms with van der Waals surface area (Å²) in [5.74, 6) is 0.340. The number of carbonyl (C=O) groups is 2. The van der Waals surface area contributed by atoms with Crippen LogP contribution in [0.4, 0.5) is 0 Å². The molecule has 0 unspecified atom stereocenters. The molecule has 0 saturated heterocycles. The molecule has 7 heteroatoms. The first kappa shape index (κ1) is 34.6. The van der Waals surface area contributed by atoms with E-state index in [9.17, 15) is 14.8 Å². The number of allylic oxidation sites excluding steroid dienone is 2. The van der Waals surface area contributed by atoms with Crippen molar-refractivity contribution in [3.05, 3.63) is 12.2 Å². The lowest BCUT2D eigenvalue weighted by molar-refractivity contribution is -1.07. The van der Waals surface area contributed by atoms with Gasteiger partial charge in [0.2, 0.25) is 11.8 Å². The Kier molecular flexibility index (Phi) is 20.8. The molecule has 0 fully saturated rings. The van der Waals surface area contributed by atoms with Gasteiger partial charge in [0.05, 0.1) is 41.8 Å². The number of quaternary nitrogens is 2. The zero-order chi connectivity index (χ0) is 27.1. The Bertz CT molecular complexity index is 530. The van der Waals surface area contributed by atoms with E-state index >= 15 is 0 Å². The van der Waals surface area contributed by atoms with Crippen LogP contribution < -0.4 is 10.6 Å². The normalized spacial score (nSPS) is 12.3. The van der Waals surface area contributed by atoms with Crippen LogP contribution in [0.5, 0.6) is 0 Å². The van der Waals surface area contributed by atoms with Gasteiger partial charge in [-0.2, -0.15) is 4.65 Å². The summed E-state index contributed by atoms with van der Waals surface area (Å²) in [4.78, 5) is 23.6. The molecule has 0 aromatic heterocycles. The van der Waals surface area contributed by atoms with Crippen LogP contribution in [0, 0.1) is 0 Å². The van der Waals surface area contributed by atoms with Crippen molar-refractivity contribution < 1.29 is 23.9 Å². The molecule has 0 bridgehead atoms. The average molecular weight is 513 g/mol. The molecule has 0 spiro atoms. The van der Waals surface area contributed by atoms with E-state index in [-0.39, 0.29) is 16.5 Å². The lowest BCUT2D eigenvalue weighted by Crippen LogP contribution is -2.38. The molecular weight excluding hydrogens is 452 g/mol. The lowest BCUT2D eigenvalue weighted by atomic mass is 10.1. The van der Waals surface area contributed by atoms with Gasteiger partial charge in [-0.25, -0.2) is 5.21 Å². The van der Waals surface area contributed by atoms with Crippen molar-refractivity contribution in [2.24, 2.45) is 0 Å². The minimum atomic E-state index is -0.0500. The first-order chi connectivity index (χ1) is 17.0. The van der Waals surface area contributed by atoms with Crippen LogP contribution in [0.1, 0.15) is 103 Å². The fraction of sp³-hybridized carbons (Fsp3) is 0.862. The highest BCUT2D eigenvalue weighted by atomic mass is 16.5. The summed E-state index contributed by atoms with van der Waals surface area (Å²) in [6.07, 6.45) is 21.7. The van der Waals surface area contributed by atoms with Gasteiger partial charge in [-0.3, -0.25) is 9.59 Å². The van der Waals surface area contributed by atoms with Crippen molar-refractivity contribution >= 4 is 11.8 Å². The second kappa shape index (κ2) is 21.6. The molecule has 0 heterocycles. The summed E-state index contributed by atoms with van der Waals surface area (Å²) >= 11 is 0. The molecule has 0 aliphatic heterocycles. The quantitative estimate of drug-likeness (QED) is 0.0721. The van der Waals surface area contributed by atoms with Crippen LogP contribution in [0.15, 0.2) is 12.2 Å². The van der Waals surface area contributed by atoms with Crippen molar-refractivity contribution in [1.29, 1.82) is 0 Å².